The molecule has 1 aliphatic rings. The molecule has 2 aromatic carbocycles. The van der Waals surface area contributed by atoms with E-state index in [0.717, 1.165) is 23.2 Å². The molecule has 128 valence electrons. The maximum absolute atomic E-state index is 12.5. The molecule has 1 amide bonds. The standard InChI is InChI=1S/C20H18ClNO3/c1-14-12-16-7-3-5-9-18(16)22(14)19(23)13-25-20(24)11-10-15-6-2-4-8-17(15)21/h2-11,14H,12-13H2,1H3/b11-10+/t14-/m0/s1. The number of anilines is 1. The molecule has 0 N–H and O–H groups in total. The highest BCUT2D eigenvalue weighted by Gasteiger charge is 2.30. The summed E-state index contributed by atoms with van der Waals surface area (Å²) < 4.78 is 5.08. The van der Waals surface area contributed by atoms with Gasteiger partial charge in [-0.05, 0) is 42.7 Å². The van der Waals surface area contributed by atoms with Crippen LogP contribution in [0.5, 0.6) is 0 Å². The predicted molar refractivity (Wildman–Crippen MR) is 98.5 cm³/mol. The van der Waals surface area contributed by atoms with Crippen molar-refractivity contribution in [2.75, 3.05) is 11.5 Å². The van der Waals surface area contributed by atoms with Gasteiger partial charge in [0, 0.05) is 22.8 Å². The normalized spacial score (nSPS) is 16.1. The van der Waals surface area contributed by atoms with Crippen LogP contribution in [-0.2, 0) is 20.7 Å². The number of fused-ring (bicyclic) bond motifs is 1. The van der Waals surface area contributed by atoms with E-state index in [1.54, 1.807) is 23.1 Å². The number of halogens is 1. The SMILES string of the molecule is C[C@H]1Cc2ccccc2N1C(=O)COC(=O)/C=C/c1ccccc1Cl. The van der Waals surface area contributed by atoms with Crippen molar-refractivity contribution in [3.63, 3.8) is 0 Å². The lowest BCUT2D eigenvalue weighted by atomic mass is 10.1. The molecule has 4 nitrogen and oxygen atoms in total. The van der Waals surface area contributed by atoms with E-state index < -0.39 is 5.97 Å². The summed E-state index contributed by atoms with van der Waals surface area (Å²) in [5, 5.41) is 0.546. The van der Waals surface area contributed by atoms with Crippen LogP contribution in [-0.4, -0.2) is 24.5 Å². The van der Waals surface area contributed by atoms with Gasteiger partial charge in [0.25, 0.3) is 5.91 Å². The molecule has 0 saturated heterocycles. The number of carbonyl (C=O) groups is 2. The number of esters is 1. The Morgan fingerprint density at radius 3 is 2.72 bits per heavy atom. The molecule has 5 heteroatoms. The van der Waals surface area contributed by atoms with Crippen molar-refractivity contribution in [1.82, 2.24) is 0 Å². The Bertz CT molecular complexity index is 831. The van der Waals surface area contributed by atoms with Crippen LogP contribution < -0.4 is 4.90 Å². The molecule has 1 heterocycles. The lowest BCUT2D eigenvalue weighted by Crippen LogP contribution is -2.38. The lowest BCUT2D eigenvalue weighted by Gasteiger charge is -2.22. The van der Waals surface area contributed by atoms with Gasteiger partial charge in [0.05, 0.1) is 0 Å². The highest BCUT2D eigenvalue weighted by molar-refractivity contribution is 6.32. The third-order valence-corrected chi connectivity index (χ3v) is 4.46. The summed E-state index contributed by atoms with van der Waals surface area (Å²) in [6.45, 7) is 1.70. The fourth-order valence-electron chi connectivity index (χ4n) is 2.96. The molecule has 0 aliphatic carbocycles. The van der Waals surface area contributed by atoms with E-state index in [1.165, 1.54) is 6.08 Å². The maximum atomic E-state index is 12.5. The second-order valence-corrected chi connectivity index (χ2v) is 6.32. The van der Waals surface area contributed by atoms with E-state index in [1.807, 2.05) is 43.3 Å². The molecule has 0 bridgehead atoms. The van der Waals surface area contributed by atoms with Crippen molar-refractivity contribution in [3.05, 3.63) is 70.8 Å². The van der Waals surface area contributed by atoms with E-state index in [9.17, 15) is 9.59 Å². The summed E-state index contributed by atoms with van der Waals surface area (Å²) in [6, 6.07) is 15.0. The number of amides is 1. The molecule has 1 atom stereocenters. The van der Waals surface area contributed by atoms with E-state index in [4.69, 9.17) is 16.3 Å². The average Bonchev–Trinajstić information content (AvgIpc) is 2.94. The molecule has 0 radical (unpaired) electrons. The smallest absolute Gasteiger partial charge is 0.331 e. The second kappa shape index (κ2) is 7.53. The number of carbonyl (C=O) groups excluding carboxylic acids is 2. The van der Waals surface area contributed by atoms with Crippen LogP contribution in [0.25, 0.3) is 6.08 Å². The van der Waals surface area contributed by atoms with Crippen LogP contribution in [0.3, 0.4) is 0 Å². The topological polar surface area (TPSA) is 46.6 Å². The van der Waals surface area contributed by atoms with Crippen LogP contribution in [0.1, 0.15) is 18.1 Å². The minimum absolute atomic E-state index is 0.0577. The molecule has 0 spiro atoms. The van der Waals surface area contributed by atoms with Gasteiger partial charge >= 0.3 is 5.97 Å². The molecule has 25 heavy (non-hydrogen) atoms. The van der Waals surface area contributed by atoms with Gasteiger partial charge in [0.15, 0.2) is 6.61 Å². The van der Waals surface area contributed by atoms with Gasteiger partial charge in [-0.2, -0.15) is 0 Å². The first kappa shape index (κ1) is 17.2. The molecule has 0 unspecified atom stereocenters. The quantitative estimate of drug-likeness (QED) is 0.617. The number of hydrogen-bond donors (Lipinski definition) is 0. The molecule has 1 aliphatic heterocycles. The number of rotatable bonds is 4. The van der Waals surface area contributed by atoms with E-state index in [0.29, 0.717) is 5.02 Å². The van der Waals surface area contributed by atoms with Crippen molar-refractivity contribution < 1.29 is 14.3 Å². The van der Waals surface area contributed by atoms with Crippen molar-refractivity contribution in [1.29, 1.82) is 0 Å². The van der Waals surface area contributed by atoms with Gasteiger partial charge in [-0.1, -0.05) is 48.0 Å². The van der Waals surface area contributed by atoms with Gasteiger partial charge in [0.2, 0.25) is 0 Å². The monoisotopic (exact) mass is 355 g/mol. The van der Waals surface area contributed by atoms with E-state index >= 15 is 0 Å². The summed E-state index contributed by atoms with van der Waals surface area (Å²) in [5.74, 6) is -0.801. The Morgan fingerprint density at radius 2 is 1.92 bits per heavy atom. The number of benzene rings is 2. The molecule has 0 fully saturated rings. The molecular formula is C20H18ClNO3. The molecular weight excluding hydrogens is 338 g/mol. The molecule has 0 saturated carbocycles. The summed E-state index contributed by atoms with van der Waals surface area (Å²) in [6.07, 6.45) is 3.65. The van der Waals surface area contributed by atoms with Crippen LogP contribution in [0.2, 0.25) is 5.02 Å². The fourth-order valence-corrected chi connectivity index (χ4v) is 3.16. The zero-order chi connectivity index (χ0) is 17.8. The number of para-hydroxylation sites is 1. The van der Waals surface area contributed by atoms with Crippen LogP contribution >= 0.6 is 11.6 Å². The van der Waals surface area contributed by atoms with Gasteiger partial charge in [-0.25, -0.2) is 4.79 Å². The fraction of sp³-hybridized carbons (Fsp3) is 0.200. The van der Waals surface area contributed by atoms with E-state index in [-0.39, 0.29) is 18.6 Å². The summed E-state index contributed by atoms with van der Waals surface area (Å²) in [4.78, 5) is 26.0. The van der Waals surface area contributed by atoms with Gasteiger partial charge < -0.3 is 9.64 Å². The third kappa shape index (κ3) is 3.91. The van der Waals surface area contributed by atoms with Crippen molar-refractivity contribution in [3.8, 4) is 0 Å². The highest BCUT2D eigenvalue weighted by Crippen LogP contribution is 2.31. The summed E-state index contributed by atoms with van der Waals surface area (Å²) in [7, 11) is 0. The summed E-state index contributed by atoms with van der Waals surface area (Å²) in [5.41, 5.74) is 2.74. The molecule has 0 aromatic heterocycles. The van der Waals surface area contributed by atoms with Gasteiger partial charge in [-0.3, -0.25) is 4.79 Å². The first-order valence-corrected chi connectivity index (χ1v) is 8.43. The average molecular weight is 356 g/mol. The first-order chi connectivity index (χ1) is 12.1. The Balaban J connectivity index is 1.59. The van der Waals surface area contributed by atoms with Crippen molar-refractivity contribution in [2.45, 2.75) is 19.4 Å². The maximum Gasteiger partial charge on any atom is 0.331 e. The Morgan fingerprint density at radius 1 is 1.20 bits per heavy atom. The minimum Gasteiger partial charge on any atom is -0.452 e. The third-order valence-electron chi connectivity index (χ3n) is 4.12. The van der Waals surface area contributed by atoms with Crippen molar-refractivity contribution >= 4 is 35.2 Å². The van der Waals surface area contributed by atoms with Crippen LogP contribution in [0.15, 0.2) is 54.6 Å². The molecule has 3 rings (SSSR count). The first-order valence-electron chi connectivity index (χ1n) is 8.05. The second-order valence-electron chi connectivity index (χ2n) is 5.91. The summed E-state index contributed by atoms with van der Waals surface area (Å²) >= 11 is 6.02. The van der Waals surface area contributed by atoms with Crippen LogP contribution in [0.4, 0.5) is 5.69 Å². The van der Waals surface area contributed by atoms with Crippen molar-refractivity contribution in [2.24, 2.45) is 0 Å². The largest absolute Gasteiger partial charge is 0.452 e. The number of hydrogen-bond acceptors (Lipinski definition) is 3. The molecule has 2 aromatic rings. The zero-order valence-corrected chi connectivity index (χ0v) is 14.6. The number of ether oxygens (including phenoxy) is 1. The lowest BCUT2D eigenvalue weighted by molar-refractivity contribution is -0.143. The zero-order valence-electron chi connectivity index (χ0n) is 13.8. The van der Waals surface area contributed by atoms with Gasteiger partial charge in [0.1, 0.15) is 0 Å². The predicted octanol–water partition coefficient (Wildman–Crippen LogP) is 3.87. The Kier molecular flexibility index (Phi) is 5.19. The minimum atomic E-state index is -0.576. The van der Waals surface area contributed by atoms with Gasteiger partial charge in [-0.15, -0.1) is 0 Å². The number of nitrogens with zero attached hydrogens (tertiary/aromatic N) is 1. The van der Waals surface area contributed by atoms with Crippen LogP contribution in [0, 0.1) is 0 Å². The van der Waals surface area contributed by atoms with E-state index in [2.05, 4.69) is 0 Å². The Labute approximate surface area is 151 Å². The Hall–Kier alpha value is -2.59. The highest BCUT2D eigenvalue weighted by atomic mass is 35.5.